The van der Waals surface area contributed by atoms with Crippen LogP contribution in [0.25, 0.3) is 0 Å². The van der Waals surface area contributed by atoms with Gasteiger partial charge in [0.2, 0.25) is 5.91 Å². The average Bonchev–Trinajstić information content (AvgIpc) is 3.29. The highest BCUT2D eigenvalue weighted by molar-refractivity contribution is 6.39. The first-order chi connectivity index (χ1) is 14.5. The second-order valence-electron chi connectivity index (χ2n) is 8.52. The average molecular weight is 453 g/mol. The first-order valence-electron chi connectivity index (χ1n) is 11.0. The molecule has 0 bridgehead atoms. The van der Waals surface area contributed by atoms with E-state index in [-0.39, 0.29) is 11.8 Å². The van der Waals surface area contributed by atoms with Crippen LogP contribution >= 0.6 is 23.2 Å². The zero-order chi connectivity index (χ0) is 21.1. The molecule has 0 unspecified atom stereocenters. The molecule has 1 aromatic carbocycles. The Labute approximate surface area is 188 Å². The predicted molar refractivity (Wildman–Crippen MR) is 119 cm³/mol. The minimum Gasteiger partial charge on any atom is -0.339 e. The van der Waals surface area contributed by atoms with Crippen LogP contribution in [0.5, 0.6) is 0 Å². The van der Waals surface area contributed by atoms with E-state index < -0.39 is 0 Å². The lowest BCUT2D eigenvalue weighted by atomic mass is 10.1. The van der Waals surface area contributed by atoms with E-state index in [0.717, 1.165) is 32.2 Å². The van der Waals surface area contributed by atoms with Crippen LogP contribution in [0.2, 0.25) is 10.0 Å². The Balaban J connectivity index is 1.23. The second kappa shape index (κ2) is 9.86. The molecule has 0 spiro atoms. The van der Waals surface area contributed by atoms with Gasteiger partial charge in [-0.1, -0.05) is 42.1 Å². The van der Waals surface area contributed by atoms with Gasteiger partial charge in [-0.3, -0.25) is 19.4 Å². The molecule has 0 N–H and O–H groups in total. The molecule has 3 fully saturated rings. The summed E-state index contributed by atoms with van der Waals surface area (Å²) in [6.07, 6.45) is 5.33. The van der Waals surface area contributed by atoms with E-state index in [2.05, 4.69) is 9.80 Å². The van der Waals surface area contributed by atoms with Crippen LogP contribution in [0.4, 0.5) is 0 Å². The van der Waals surface area contributed by atoms with Crippen LogP contribution in [0.3, 0.4) is 0 Å². The maximum absolute atomic E-state index is 12.8. The zero-order valence-corrected chi connectivity index (χ0v) is 18.9. The van der Waals surface area contributed by atoms with Crippen LogP contribution in [-0.2, 0) is 4.79 Å². The Morgan fingerprint density at radius 1 is 0.833 bits per heavy atom. The molecule has 2 saturated heterocycles. The van der Waals surface area contributed by atoms with Gasteiger partial charge in [0.15, 0.2) is 0 Å². The number of halogens is 2. The molecule has 1 saturated carbocycles. The highest BCUT2D eigenvalue weighted by atomic mass is 35.5. The largest absolute Gasteiger partial charge is 0.339 e. The number of carbonyl (C=O) groups is 2. The van der Waals surface area contributed by atoms with Crippen molar-refractivity contribution >= 4 is 35.0 Å². The molecule has 1 aromatic rings. The van der Waals surface area contributed by atoms with E-state index in [1.807, 2.05) is 4.90 Å². The van der Waals surface area contributed by atoms with Gasteiger partial charge < -0.3 is 9.80 Å². The van der Waals surface area contributed by atoms with E-state index in [0.29, 0.717) is 48.3 Å². The summed E-state index contributed by atoms with van der Waals surface area (Å²) >= 11 is 12.4. The normalized spacial score (nSPS) is 21.9. The van der Waals surface area contributed by atoms with Crippen LogP contribution < -0.4 is 0 Å². The number of piperazine rings is 2. The topological polar surface area (TPSA) is 47.1 Å². The van der Waals surface area contributed by atoms with Crippen molar-refractivity contribution in [2.45, 2.75) is 31.7 Å². The van der Waals surface area contributed by atoms with Crippen LogP contribution in [0, 0.1) is 0 Å². The summed E-state index contributed by atoms with van der Waals surface area (Å²) in [6.45, 7) is 6.60. The third kappa shape index (κ3) is 4.93. The third-order valence-electron chi connectivity index (χ3n) is 6.70. The molecule has 164 valence electrons. The Morgan fingerprint density at radius 3 is 2.00 bits per heavy atom. The third-order valence-corrected chi connectivity index (χ3v) is 7.33. The molecule has 8 heteroatoms. The number of amides is 2. The van der Waals surface area contributed by atoms with Crippen molar-refractivity contribution in [3.05, 3.63) is 33.8 Å². The smallest absolute Gasteiger partial charge is 0.256 e. The summed E-state index contributed by atoms with van der Waals surface area (Å²) in [7, 11) is 0. The Hall–Kier alpha value is -1.34. The van der Waals surface area contributed by atoms with Crippen molar-refractivity contribution in [3.8, 4) is 0 Å². The van der Waals surface area contributed by atoms with Crippen LogP contribution in [0.1, 0.15) is 36.0 Å². The van der Waals surface area contributed by atoms with Crippen molar-refractivity contribution < 1.29 is 9.59 Å². The minimum absolute atomic E-state index is 0.139. The first kappa shape index (κ1) is 21.9. The molecule has 0 aromatic heterocycles. The van der Waals surface area contributed by atoms with Gasteiger partial charge in [0.1, 0.15) is 0 Å². The number of hydrogen-bond donors (Lipinski definition) is 0. The van der Waals surface area contributed by atoms with Gasteiger partial charge in [0.25, 0.3) is 5.91 Å². The summed E-state index contributed by atoms with van der Waals surface area (Å²) in [5.41, 5.74) is 0.366. The SMILES string of the molecule is O=C(CN1CCN(C(=O)c2c(Cl)cccc2Cl)CC1)N1CCN(C2CCCC2)CC1. The van der Waals surface area contributed by atoms with Crippen molar-refractivity contribution in [1.29, 1.82) is 0 Å². The lowest BCUT2D eigenvalue weighted by Gasteiger charge is -2.39. The Morgan fingerprint density at radius 2 is 1.40 bits per heavy atom. The maximum atomic E-state index is 12.8. The molecule has 4 rings (SSSR count). The van der Waals surface area contributed by atoms with Crippen molar-refractivity contribution in [2.24, 2.45) is 0 Å². The molecule has 30 heavy (non-hydrogen) atoms. The fourth-order valence-electron chi connectivity index (χ4n) is 4.87. The molecule has 2 amide bonds. The minimum atomic E-state index is -0.139. The summed E-state index contributed by atoms with van der Waals surface area (Å²) in [4.78, 5) is 34.1. The molecule has 0 atom stereocenters. The van der Waals surface area contributed by atoms with E-state index >= 15 is 0 Å². The van der Waals surface area contributed by atoms with Gasteiger partial charge in [-0.2, -0.15) is 0 Å². The standard InChI is InChI=1S/C22H30Cl2N4O2/c23-18-6-3-7-19(24)21(18)22(30)28-10-8-25(9-11-28)16-20(29)27-14-12-26(13-15-27)17-4-1-2-5-17/h3,6-7,17H,1-2,4-5,8-16H2. The monoisotopic (exact) mass is 452 g/mol. The number of carbonyl (C=O) groups excluding carboxylic acids is 2. The van der Waals surface area contributed by atoms with Gasteiger partial charge in [-0.25, -0.2) is 0 Å². The lowest BCUT2D eigenvalue weighted by Crippen LogP contribution is -2.55. The zero-order valence-electron chi connectivity index (χ0n) is 17.4. The molecule has 2 aliphatic heterocycles. The molecule has 2 heterocycles. The Kier molecular flexibility index (Phi) is 7.19. The maximum Gasteiger partial charge on any atom is 0.256 e. The van der Waals surface area contributed by atoms with Gasteiger partial charge in [0.05, 0.1) is 22.2 Å². The van der Waals surface area contributed by atoms with Gasteiger partial charge in [-0.05, 0) is 25.0 Å². The fraction of sp³-hybridized carbons (Fsp3) is 0.636. The number of nitrogens with zero attached hydrogens (tertiary/aromatic N) is 4. The Bertz CT molecular complexity index is 748. The highest BCUT2D eigenvalue weighted by Gasteiger charge is 2.30. The molecule has 6 nitrogen and oxygen atoms in total. The summed E-state index contributed by atoms with van der Waals surface area (Å²) < 4.78 is 0. The van der Waals surface area contributed by atoms with Gasteiger partial charge >= 0.3 is 0 Å². The van der Waals surface area contributed by atoms with Crippen LogP contribution in [0.15, 0.2) is 18.2 Å². The predicted octanol–water partition coefficient (Wildman–Crippen LogP) is 2.84. The lowest BCUT2D eigenvalue weighted by molar-refractivity contribution is -0.134. The van der Waals surface area contributed by atoms with Crippen molar-refractivity contribution in [1.82, 2.24) is 19.6 Å². The molecular weight excluding hydrogens is 423 g/mol. The van der Waals surface area contributed by atoms with Crippen LogP contribution in [-0.4, -0.2) is 96.4 Å². The van der Waals surface area contributed by atoms with Crippen molar-refractivity contribution in [2.75, 3.05) is 58.9 Å². The van der Waals surface area contributed by atoms with Gasteiger partial charge in [0, 0.05) is 58.4 Å². The second-order valence-corrected chi connectivity index (χ2v) is 9.33. The molecule has 0 radical (unpaired) electrons. The number of hydrogen-bond acceptors (Lipinski definition) is 4. The quantitative estimate of drug-likeness (QED) is 0.704. The first-order valence-corrected chi connectivity index (χ1v) is 11.8. The molecule has 3 aliphatic rings. The van der Waals surface area contributed by atoms with Gasteiger partial charge in [-0.15, -0.1) is 0 Å². The summed E-state index contributed by atoms with van der Waals surface area (Å²) in [5, 5.41) is 0.753. The van der Waals surface area contributed by atoms with Crippen molar-refractivity contribution in [3.63, 3.8) is 0 Å². The van der Waals surface area contributed by atoms with E-state index in [1.54, 1.807) is 23.1 Å². The fourth-order valence-corrected chi connectivity index (χ4v) is 5.43. The molecular formula is C22H30Cl2N4O2. The number of benzene rings is 1. The van der Waals surface area contributed by atoms with E-state index in [9.17, 15) is 9.59 Å². The number of rotatable bonds is 4. The van der Waals surface area contributed by atoms with E-state index in [1.165, 1.54) is 25.7 Å². The van der Waals surface area contributed by atoms with E-state index in [4.69, 9.17) is 23.2 Å². The summed E-state index contributed by atoms with van der Waals surface area (Å²) in [6, 6.07) is 5.84. The summed E-state index contributed by atoms with van der Waals surface area (Å²) in [5.74, 6) is 0.0645. The highest BCUT2D eigenvalue weighted by Crippen LogP contribution is 2.26. The molecule has 1 aliphatic carbocycles.